The van der Waals surface area contributed by atoms with E-state index in [0.29, 0.717) is 23.9 Å². The van der Waals surface area contributed by atoms with Crippen molar-refractivity contribution in [1.29, 1.82) is 0 Å². The number of thiazole rings is 1. The lowest BCUT2D eigenvalue weighted by molar-refractivity contribution is 0.0946. The Bertz CT molecular complexity index is 625. The Morgan fingerprint density at radius 2 is 2.33 bits per heavy atom. The van der Waals surface area contributed by atoms with Gasteiger partial charge in [0.1, 0.15) is 5.69 Å². The Labute approximate surface area is 158 Å². The van der Waals surface area contributed by atoms with Crippen LogP contribution in [-0.4, -0.2) is 30.5 Å². The molecule has 8 heteroatoms. The number of piperidine rings is 1. The van der Waals surface area contributed by atoms with Crippen LogP contribution < -0.4 is 10.6 Å². The molecule has 0 aromatic carbocycles. The number of carbonyl (C=O) groups is 1. The molecule has 0 bridgehead atoms. The number of halogens is 2. The molecule has 5 nitrogen and oxygen atoms in total. The zero-order valence-electron chi connectivity index (χ0n) is 13.5. The zero-order valence-corrected chi connectivity index (χ0v) is 16.0. The van der Waals surface area contributed by atoms with Gasteiger partial charge < -0.3 is 15.1 Å². The SMILES string of the molecule is Cc1sc(-c2ccco2)nc1C(=O)NCCC1CCCNC1.Cl.Cl. The molecule has 1 saturated heterocycles. The number of aryl methyl sites for hydroxylation is 1. The average molecular weight is 392 g/mol. The Hall–Kier alpha value is -1.08. The minimum Gasteiger partial charge on any atom is -0.462 e. The van der Waals surface area contributed by atoms with E-state index in [9.17, 15) is 4.79 Å². The van der Waals surface area contributed by atoms with E-state index in [2.05, 4.69) is 15.6 Å². The lowest BCUT2D eigenvalue weighted by Gasteiger charge is -2.22. The molecule has 3 heterocycles. The molecule has 2 aromatic rings. The Kier molecular flexibility index (Phi) is 8.76. The normalized spacial score (nSPS) is 16.8. The van der Waals surface area contributed by atoms with E-state index in [1.54, 1.807) is 6.26 Å². The standard InChI is InChI=1S/C16H21N3O2S.2ClH/c1-11-14(19-16(22-11)13-5-3-9-21-13)15(20)18-8-6-12-4-2-7-17-10-12;;/h3,5,9,12,17H,2,4,6-8,10H2,1H3,(H,18,20);2*1H. The first-order valence-corrected chi connectivity index (χ1v) is 8.56. The fraction of sp³-hybridized carbons (Fsp3) is 0.500. The lowest BCUT2D eigenvalue weighted by atomic mass is 9.96. The first kappa shape index (κ1) is 21.0. The van der Waals surface area contributed by atoms with Gasteiger partial charge in [-0.3, -0.25) is 4.79 Å². The minimum atomic E-state index is -0.0877. The fourth-order valence-corrected chi connectivity index (χ4v) is 3.64. The summed E-state index contributed by atoms with van der Waals surface area (Å²) in [5, 5.41) is 7.15. The summed E-state index contributed by atoms with van der Waals surface area (Å²) in [4.78, 5) is 17.6. The van der Waals surface area contributed by atoms with E-state index < -0.39 is 0 Å². The van der Waals surface area contributed by atoms with Crippen molar-refractivity contribution in [3.63, 3.8) is 0 Å². The molecule has 0 saturated carbocycles. The van der Waals surface area contributed by atoms with Gasteiger partial charge in [0.05, 0.1) is 6.26 Å². The first-order chi connectivity index (χ1) is 10.7. The molecule has 1 aliphatic heterocycles. The van der Waals surface area contributed by atoms with Crippen LogP contribution in [0.3, 0.4) is 0 Å². The predicted octanol–water partition coefficient (Wildman–Crippen LogP) is 3.67. The van der Waals surface area contributed by atoms with E-state index in [4.69, 9.17) is 4.42 Å². The number of nitrogens with zero attached hydrogens (tertiary/aromatic N) is 1. The van der Waals surface area contributed by atoms with Gasteiger partial charge in [-0.05, 0) is 57.3 Å². The summed E-state index contributed by atoms with van der Waals surface area (Å²) in [5.74, 6) is 1.29. The maximum atomic E-state index is 12.3. The van der Waals surface area contributed by atoms with E-state index >= 15 is 0 Å². The maximum Gasteiger partial charge on any atom is 0.271 e. The van der Waals surface area contributed by atoms with Crippen LogP contribution in [-0.2, 0) is 0 Å². The van der Waals surface area contributed by atoms with Gasteiger partial charge in [0.15, 0.2) is 10.8 Å². The van der Waals surface area contributed by atoms with Crippen LogP contribution in [0.15, 0.2) is 22.8 Å². The number of hydrogen-bond donors (Lipinski definition) is 2. The molecule has 2 aromatic heterocycles. The maximum absolute atomic E-state index is 12.3. The summed E-state index contributed by atoms with van der Waals surface area (Å²) in [5.41, 5.74) is 0.512. The fourth-order valence-electron chi connectivity index (χ4n) is 2.76. The monoisotopic (exact) mass is 391 g/mol. The van der Waals surface area contributed by atoms with Gasteiger partial charge in [0, 0.05) is 11.4 Å². The van der Waals surface area contributed by atoms with Gasteiger partial charge in [-0.15, -0.1) is 36.2 Å². The van der Waals surface area contributed by atoms with E-state index in [1.165, 1.54) is 24.2 Å². The third-order valence-corrected chi connectivity index (χ3v) is 4.97. The highest BCUT2D eigenvalue weighted by atomic mass is 35.5. The second kappa shape index (κ2) is 10.0. The van der Waals surface area contributed by atoms with Crippen molar-refractivity contribution in [2.45, 2.75) is 26.2 Å². The van der Waals surface area contributed by atoms with Crippen molar-refractivity contribution < 1.29 is 9.21 Å². The molecule has 1 fully saturated rings. The second-order valence-corrected chi connectivity index (χ2v) is 6.86. The zero-order chi connectivity index (χ0) is 15.4. The molecule has 1 unspecified atom stereocenters. The summed E-state index contributed by atoms with van der Waals surface area (Å²) in [7, 11) is 0. The lowest BCUT2D eigenvalue weighted by Crippen LogP contribution is -2.33. The molecule has 24 heavy (non-hydrogen) atoms. The van der Waals surface area contributed by atoms with Gasteiger partial charge in [0.2, 0.25) is 0 Å². The van der Waals surface area contributed by atoms with Crippen LogP contribution in [0.4, 0.5) is 0 Å². The summed E-state index contributed by atoms with van der Waals surface area (Å²) in [6.07, 6.45) is 5.12. The molecule has 2 N–H and O–H groups in total. The smallest absolute Gasteiger partial charge is 0.271 e. The number of nitrogens with one attached hydrogen (secondary N) is 2. The van der Waals surface area contributed by atoms with Gasteiger partial charge in [-0.25, -0.2) is 4.98 Å². The number of carbonyl (C=O) groups excluding carboxylic acids is 1. The quantitative estimate of drug-likeness (QED) is 0.815. The van der Waals surface area contributed by atoms with Crippen LogP contribution in [0.2, 0.25) is 0 Å². The van der Waals surface area contributed by atoms with Gasteiger partial charge in [-0.2, -0.15) is 0 Å². The van der Waals surface area contributed by atoms with Crippen LogP contribution >= 0.6 is 36.2 Å². The van der Waals surface area contributed by atoms with Gasteiger partial charge in [-0.1, -0.05) is 0 Å². The molecule has 1 atom stereocenters. The second-order valence-electron chi connectivity index (χ2n) is 5.66. The molecule has 0 aliphatic carbocycles. The number of aromatic nitrogens is 1. The molecule has 1 amide bonds. The van der Waals surface area contributed by atoms with Crippen molar-refractivity contribution in [2.24, 2.45) is 5.92 Å². The highest BCUT2D eigenvalue weighted by Crippen LogP contribution is 2.27. The van der Waals surface area contributed by atoms with Gasteiger partial charge in [0.25, 0.3) is 5.91 Å². The molecular weight excluding hydrogens is 369 g/mol. The predicted molar refractivity (Wildman–Crippen MR) is 102 cm³/mol. The van der Waals surface area contributed by atoms with E-state index in [1.807, 2.05) is 19.1 Å². The van der Waals surface area contributed by atoms with Crippen LogP contribution in [0.25, 0.3) is 10.8 Å². The first-order valence-electron chi connectivity index (χ1n) is 7.74. The number of amides is 1. The molecule has 0 spiro atoms. The third-order valence-electron chi connectivity index (χ3n) is 3.98. The van der Waals surface area contributed by atoms with Crippen LogP contribution in [0.5, 0.6) is 0 Å². The van der Waals surface area contributed by atoms with E-state index in [0.717, 1.165) is 29.4 Å². The summed E-state index contributed by atoms with van der Waals surface area (Å²) in [6, 6.07) is 3.68. The Morgan fingerprint density at radius 3 is 3.00 bits per heavy atom. The Morgan fingerprint density at radius 1 is 1.50 bits per heavy atom. The minimum absolute atomic E-state index is 0. The summed E-state index contributed by atoms with van der Waals surface area (Å²) >= 11 is 1.49. The molecule has 134 valence electrons. The molecule has 3 rings (SSSR count). The highest BCUT2D eigenvalue weighted by Gasteiger charge is 2.18. The molecular formula is C16H23Cl2N3O2S. The largest absolute Gasteiger partial charge is 0.462 e. The van der Waals surface area contributed by atoms with Gasteiger partial charge >= 0.3 is 0 Å². The van der Waals surface area contributed by atoms with E-state index in [-0.39, 0.29) is 30.7 Å². The highest BCUT2D eigenvalue weighted by molar-refractivity contribution is 7.15. The Balaban J connectivity index is 0.00000144. The summed E-state index contributed by atoms with van der Waals surface area (Å²) in [6.45, 7) is 4.81. The number of hydrogen-bond acceptors (Lipinski definition) is 5. The van der Waals surface area contributed by atoms with Crippen molar-refractivity contribution in [3.8, 4) is 10.8 Å². The van der Waals surface area contributed by atoms with Crippen molar-refractivity contribution in [1.82, 2.24) is 15.6 Å². The van der Waals surface area contributed by atoms with Crippen molar-refractivity contribution in [2.75, 3.05) is 19.6 Å². The number of furan rings is 1. The number of rotatable bonds is 5. The summed E-state index contributed by atoms with van der Waals surface area (Å²) < 4.78 is 5.34. The topological polar surface area (TPSA) is 67.2 Å². The van der Waals surface area contributed by atoms with Crippen LogP contribution in [0.1, 0.15) is 34.6 Å². The van der Waals surface area contributed by atoms with Crippen LogP contribution in [0, 0.1) is 12.8 Å². The molecule has 0 radical (unpaired) electrons. The average Bonchev–Trinajstić information content (AvgIpc) is 3.17. The third kappa shape index (κ3) is 5.21. The molecule has 1 aliphatic rings. The van der Waals surface area contributed by atoms with Crippen molar-refractivity contribution >= 4 is 42.1 Å². The van der Waals surface area contributed by atoms with Crippen molar-refractivity contribution in [3.05, 3.63) is 29.0 Å².